The molecule has 0 spiro atoms. The van der Waals surface area contributed by atoms with Gasteiger partial charge in [-0.15, -0.1) is 0 Å². The number of nitrogens with zero attached hydrogens (tertiary/aromatic N) is 4. The van der Waals surface area contributed by atoms with Crippen molar-refractivity contribution < 1.29 is 4.74 Å². The van der Waals surface area contributed by atoms with Gasteiger partial charge in [0.1, 0.15) is 5.82 Å². The number of morpholine rings is 1. The second kappa shape index (κ2) is 10.6. The van der Waals surface area contributed by atoms with Gasteiger partial charge in [0.25, 0.3) is 0 Å². The number of rotatable bonds is 4. The van der Waals surface area contributed by atoms with Gasteiger partial charge in [0.2, 0.25) is 0 Å². The second-order valence-electron chi connectivity index (χ2n) is 9.23. The van der Waals surface area contributed by atoms with Gasteiger partial charge in [0.15, 0.2) is 10.8 Å². The minimum atomic E-state index is 0.683. The van der Waals surface area contributed by atoms with Gasteiger partial charge in [-0.25, -0.2) is 15.0 Å². The van der Waals surface area contributed by atoms with Crippen molar-refractivity contribution in [3.63, 3.8) is 0 Å². The first-order valence-corrected chi connectivity index (χ1v) is 14.4. The molecule has 0 saturated carbocycles. The van der Waals surface area contributed by atoms with Gasteiger partial charge >= 0.3 is 0 Å². The summed E-state index contributed by atoms with van der Waals surface area (Å²) in [6.07, 6.45) is 7.20. The van der Waals surface area contributed by atoms with E-state index in [2.05, 4.69) is 35.2 Å². The van der Waals surface area contributed by atoms with Gasteiger partial charge < -0.3 is 9.64 Å². The molecule has 8 heteroatoms. The molecule has 1 aliphatic carbocycles. The molecule has 1 saturated heterocycles. The molecule has 3 heterocycles. The molecule has 2 aromatic heterocycles. The fourth-order valence-corrected chi connectivity index (χ4v) is 5.79. The summed E-state index contributed by atoms with van der Waals surface area (Å²) in [7, 11) is 0. The van der Waals surface area contributed by atoms with Gasteiger partial charge in [0.05, 0.1) is 24.3 Å². The Hall–Kier alpha value is -2.64. The van der Waals surface area contributed by atoms with Crippen LogP contribution in [0.15, 0.2) is 53.7 Å². The van der Waals surface area contributed by atoms with Crippen LogP contribution < -0.4 is 4.90 Å². The molecule has 37 heavy (non-hydrogen) atoms. The highest BCUT2D eigenvalue weighted by Crippen LogP contribution is 2.43. The first kappa shape index (κ1) is 24.7. The molecule has 6 rings (SSSR count). The van der Waals surface area contributed by atoms with Crippen molar-refractivity contribution in [2.24, 2.45) is 0 Å². The molecule has 0 bridgehead atoms. The van der Waals surface area contributed by atoms with Crippen LogP contribution >= 0.6 is 35.0 Å². The van der Waals surface area contributed by atoms with E-state index < -0.39 is 0 Å². The van der Waals surface area contributed by atoms with E-state index in [1.165, 1.54) is 11.1 Å². The number of pyridine rings is 1. The summed E-state index contributed by atoms with van der Waals surface area (Å²) in [6.45, 7) is 2.95. The molecule has 2 aromatic carbocycles. The quantitative estimate of drug-likeness (QED) is 0.195. The summed E-state index contributed by atoms with van der Waals surface area (Å²) >= 11 is 14.0. The van der Waals surface area contributed by atoms with Crippen molar-refractivity contribution in [1.29, 1.82) is 0 Å². The van der Waals surface area contributed by atoms with E-state index in [1.54, 1.807) is 11.8 Å². The maximum Gasteiger partial charge on any atom is 0.191 e. The Labute approximate surface area is 230 Å². The Balaban J connectivity index is 1.65. The predicted octanol–water partition coefficient (Wildman–Crippen LogP) is 7.43. The van der Waals surface area contributed by atoms with Gasteiger partial charge in [-0.05, 0) is 78.1 Å². The van der Waals surface area contributed by atoms with E-state index in [0.717, 1.165) is 81.8 Å². The average molecular weight is 550 g/mol. The van der Waals surface area contributed by atoms with Crippen LogP contribution in [0.4, 0.5) is 5.82 Å². The highest BCUT2D eigenvalue weighted by Gasteiger charge is 2.27. The maximum atomic E-state index is 6.30. The van der Waals surface area contributed by atoms with E-state index in [4.69, 9.17) is 42.9 Å². The lowest BCUT2D eigenvalue weighted by Gasteiger charge is -2.30. The van der Waals surface area contributed by atoms with Crippen molar-refractivity contribution in [1.82, 2.24) is 15.0 Å². The number of hydrogen-bond acceptors (Lipinski definition) is 6. The van der Waals surface area contributed by atoms with Crippen LogP contribution in [0.25, 0.3) is 33.8 Å². The second-order valence-corrected chi connectivity index (χ2v) is 10.9. The molecule has 0 radical (unpaired) electrons. The number of anilines is 1. The standard InChI is InChI=1S/C29H26Cl2N4OS/c1-37-29-33-27-25(28(34-29)35-13-15-36-16-14-35)24(19-7-11-22(31)12-8-19)23-4-2-3-20(26(23)32-27)17-18-5-9-21(30)10-6-18/h5-12,17H,2-4,13-16H2,1H3/b20-17+. The zero-order valence-electron chi connectivity index (χ0n) is 20.5. The van der Waals surface area contributed by atoms with E-state index >= 15 is 0 Å². The van der Waals surface area contributed by atoms with E-state index in [0.29, 0.717) is 18.2 Å². The molecule has 2 aliphatic rings. The van der Waals surface area contributed by atoms with Crippen LogP contribution in [0.3, 0.4) is 0 Å². The average Bonchev–Trinajstić information content (AvgIpc) is 2.94. The number of hydrogen-bond donors (Lipinski definition) is 0. The maximum absolute atomic E-state index is 6.30. The highest BCUT2D eigenvalue weighted by molar-refractivity contribution is 7.98. The molecule has 4 aromatic rings. The number of thioether (sulfide) groups is 1. The van der Waals surface area contributed by atoms with E-state index in [1.807, 2.05) is 30.5 Å². The Morgan fingerprint density at radius 3 is 2.30 bits per heavy atom. The summed E-state index contributed by atoms with van der Waals surface area (Å²) in [5.41, 5.74) is 7.60. The zero-order chi connectivity index (χ0) is 25.4. The Kier molecular flexibility index (Phi) is 7.08. The molecule has 1 aliphatic heterocycles. The van der Waals surface area contributed by atoms with E-state index in [9.17, 15) is 0 Å². The lowest BCUT2D eigenvalue weighted by molar-refractivity contribution is 0.122. The third-order valence-electron chi connectivity index (χ3n) is 6.92. The highest BCUT2D eigenvalue weighted by atomic mass is 35.5. The van der Waals surface area contributed by atoms with Crippen LogP contribution in [-0.2, 0) is 11.2 Å². The van der Waals surface area contributed by atoms with Gasteiger partial charge in [-0.1, -0.05) is 59.2 Å². The molecule has 0 amide bonds. The molecular formula is C29H26Cl2N4OS. The number of fused-ring (bicyclic) bond motifs is 2. The molecule has 1 fully saturated rings. The molecule has 0 N–H and O–H groups in total. The van der Waals surface area contributed by atoms with Gasteiger partial charge in [-0.2, -0.15) is 0 Å². The summed E-state index contributed by atoms with van der Waals surface area (Å²) in [4.78, 5) is 17.5. The number of ether oxygens (including phenoxy) is 1. The van der Waals surface area contributed by atoms with Gasteiger partial charge in [-0.3, -0.25) is 0 Å². The summed E-state index contributed by atoms with van der Waals surface area (Å²) < 4.78 is 5.65. The number of halogens is 2. The third-order valence-corrected chi connectivity index (χ3v) is 7.97. The van der Waals surface area contributed by atoms with E-state index in [-0.39, 0.29) is 0 Å². The fourth-order valence-electron chi connectivity index (χ4n) is 5.18. The van der Waals surface area contributed by atoms with Crippen molar-refractivity contribution in [2.75, 3.05) is 37.5 Å². The lowest BCUT2D eigenvalue weighted by atomic mass is 9.84. The Morgan fingerprint density at radius 2 is 1.59 bits per heavy atom. The third kappa shape index (κ3) is 4.96. The van der Waals surface area contributed by atoms with Crippen LogP contribution in [0.1, 0.15) is 29.7 Å². The SMILES string of the molecule is CSc1nc(N2CCOCC2)c2c(-c3ccc(Cl)cc3)c3c(nc2n1)/C(=C/c1ccc(Cl)cc1)CCC3. The molecular weight excluding hydrogens is 523 g/mol. The van der Waals surface area contributed by atoms with Crippen LogP contribution in [0, 0.1) is 0 Å². The fraction of sp³-hybridized carbons (Fsp3) is 0.276. The largest absolute Gasteiger partial charge is 0.378 e. The van der Waals surface area contributed by atoms with Crippen LogP contribution in [0.5, 0.6) is 0 Å². The Bertz CT molecular complexity index is 1480. The van der Waals surface area contributed by atoms with Crippen molar-refractivity contribution in [2.45, 2.75) is 24.4 Å². The zero-order valence-corrected chi connectivity index (χ0v) is 22.8. The summed E-state index contributed by atoms with van der Waals surface area (Å²) in [5.74, 6) is 0.937. The number of benzene rings is 2. The summed E-state index contributed by atoms with van der Waals surface area (Å²) in [6, 6.07) is 16.1. The normalized spacial score (nSPS) is 16.8. The predicted molar refractivity (Wildman–Crippen MR) is 155 cm³/mol. The Morgan fingerprint density at radius 1 is 0.892 bits per heavy atom. The van der Waals surface area contributed by atoms with Crippen molar-refractivity contribution in [3.05, 3.63) is 75.4 Å². The first-order valence-electron chi connectivity index (χ1n) is 12.4. The van der Waals surface area contributed by atoms with Crippen molar-refractivity contribution in [3.8, 4) is 11.1 Å². The summed E-state index contributed by atoms with van der Waals surface area (Å²) in [5, 5.41) is 3.18. The molecule has 0 atom stereocenters. The van der Waals surface area contributed by atoms with Crippen molar-refractivity contribution >= 4 is 63.5 Å². The van der Waals surface area contributed by atoms with Gasteiger partial charge in [0, 0.05) is 28.7 Å². The number of aromatic nitrogens is 3. The topological polar surface area (TPSA) is 51.1 Å². The molecule has 0 unspecified atom stereocenters. The first-order chi connectivity index (χ1) is 18.1. The molecule has 188 valence electrons. The smallest absolute Gasteiger partial charge is 0.191 e. The minimum Gasteiger partial charge on any atom is -0.378 e. The minimum absolute atomic E-state index is 0.683. The monoisotopic (exact) mass is 548 g/mol. The van der Waals surface area contributed by atoms with Crippen LogP contribution in [0.2, 0.25) is 10.0 Å². The lowest BCUT2D eigenvalue weighted by Crippen LogP contribution is -2.37. The molecule has 5 nitrogen and oxygen atoms in total. The number of allylic oxidation sites excluding steroid dienone is 1. The van der Waals surface area contributed by atoms with Crippen LogP contribution in [-0.4, -0.2) is 47.5 Å².